The minimum atomic E-state index is -0.871. The van der Waals surface area contributed by atoms with Gasteiger partial charge in [-0.1, -0.05) is 6.42 Å². The molecule has 2 aliphatic heterocycles. The number of rotatable bonds is 5. The fourth-order valence-corrected chi connectivity index (χ4v) is 4.30. The van der Waals surface area contributed by atoms with Crippen LogP contribution in [0.4, 0.5) is 0 Å². The van der Waals surface area contributed by atoms with Crippen molar-refractivity contribution in [1.29, 1.82) is 0 Å². The summed E-state index contributed by atoms with van der Waals surface area (Å²) in [5.41, 5.74) is 5.59. The lowest BCUT2D eigenvalue weighted by atomic mass is 10.0. The normalized spacial score (nSPS) is 35.2. The van der Waals surface area contributed by atoms with Crippen LogP contribution in [0.1, 0.15) is 25.7 Å². The number of unbranched alkanes of at least 4 members (excludes halogenated alkanes) is 1. The maximum Gasteiger partial charge on any atom is 0.303 e. The molecule has 96 valence electrons. The third kappa shape index (κ3) is 2.77. The summed E-state index contributed by atoms with van der Waals surface area (Å²) in [5, 5.41) is 11.6. The second-order valence-electron chi connectivity index (χ2n) is 4.48. The molecule has 0 spiro atoms. The van der Waals surface area contributed by atoms with Crippen molar-refractivity contribution in [2.45, 2.75) is 43.0 Å². The van der Waals surface area contributed by atoms with Gasteiger partial charge in [0.25, 0.3) is 0 Å². The number of nitrogens with zero attached hydrogens (tertiary/aromatic N) is 1. The molecule has 6 nitrogen and oxygen atoms in total. The molecule has 2 heterocycles. The molecule has 0 aliphatic carbocycles. The first-order valence-corrected chi connectivity index (χ1v) is 7.15. The summed E-state index contributed by atoms with van der Waals surface area (Å²) < 4.78 is 11.9. The van der Waals surface area contributed by atoms with E-state index in [0.717, 1.165) is 12.8 Å². The summed E-state index contributed by atoms with van der Waals surface area (Å²) in [6, 6.07) is 0.126. The molecule has 2 aliphatic rings. The van der Waals surface area contributed by atoms with E-state index in [1.54, 1.807) is 0 Å². The zero-order chi connectivity index (χ0) is 12.4. The molecule has 0 saturated carbocycles. The van der Waals surface area contributed by atoms with E-state index < -0.39 is 16.8 Å². The zero-order valence-electron chi connectivity index (χ0n) is 9.46. The van der Waals surface area contributed by atoms with Crippen LogP contribution in [-0.2, 0) is 15.6 Å². The Kier molecular flexibility index (Phi) is 3.66. The fourth-order valence-electron chi connectivity index (χ4n) is 2.43. The van der Waals surface area contributed by atoms with Gasteiger partial charge in [0.15, 0.2) is 5.96 Å². The number of carboxylic acids is 1. The van der Waals surface area contributed by atoms with Crippen LogP contribution in [0, 0.1) is 0 Å². The largest absolute Gasteiger partial charge is 0.481 e. The van der Waals surface area contributed by atoms with E-state index in [0.29, 0.717) is 18.1 Å². The molecule has 1 saturated heterocycles. The molecule has 4 atom stereocenters. The number of fused-ring (bicyclic) bond motifs is 1. The van der Waals surface area contributed by atoms with Crippen LogP contribution in [-0.4, -0.2) is 44.3 Å². The van der Waals surface area contributed by atoms with Gasteiger partial charge in [0.1, 0.15) is 0 Å². The molecule has 17 heavy (non-hydrogen) atoms. The number of hydrogen-bond acceptors (Lipinski definition) is 5. The second kappa shape index (κ2) is 5.03. The SMILES string of the molecule is NC1=N[C@H]2[C@@H](CCCCC(=O)O)S(=O)C[C@H]2N1. The third-order valence-electron chi connectivity index (χ3n) is 3.23. The number of aliphatic imine (C=N–C) groups is 1. The molecule has 4 N–H and O–H groups in total. The number of hydrogen-bond donors (Lipinski definition) is 3. The minimum absolute atomic E-state index is 0.0145. The molecule has 0 aromatic carbocycles. The maximum absolute atomic E-state index is 11.9. The molecule has 0 radical (unpaired) electrons. The van der Waals surface area contributed by atoms with Gasteiger partial charge in [0.05, 0.1) is 17.3 Å². The van der Waals surface area contributed by atoms with E-state index in [4.69, 9.17) is 10.8 Å². The van der Waals surface area contributed by atoms with Crippen LogP contribution in [0.3, 0.4) is 0 Å². The molecule has 0 bridgehead atoms. The van der Waals surface area contributed by atoms with E-state index in [1.165, 1.54) is 0 Å². The van der Waals surface area contributed by atoms with Crippen LogP contribution >= 0.6 is 0 Å². The summed E-state index contributed by atoms with van der Waals surface area (Å²) in [7, 11) is -0.871. The summed E-state index contributed by atoms with van der Waals surface area (Å²) >= 11 is 0. The van der Waals surface area contributed by atoms with Gasteiger partial charge in [-0.15, -0.1) is 0 Å². The van der Waals surface area contributed by atoms with Gasteiger partial charge in [-0.2, -0.15) is 0 Å². The Labute approximate surface area is 102 Å². The molecule has 0 amide bonds. The van der Waals surface area contributed by atoms with Crippen LogP contribution in [0.5, 0.6) is 0 Å². The summed E-state index contributed by atoms with van der Waals surface area (Å²) in [4.78, 5) is 14.6. The lowest BCUT2D eigenvalue weighted by Gasteiger charge is -2.13. The molecule has 0 aromatic rings. The Morgan fingerprint density at radius 3 is 3.06 bits per heavy atom. The van der Waals surface area contributed by atoms with Gasteiger partial charge in [0, 0.05) is 23.0 Å². The molecular formula is C10H17N3O3S. The summed E-state index contributed by atoms with van der Waals surface area (Å²) in [6.07, 6.45) is 2.35. The first kappa shape index (κ1) is 12.3. The fraction of sp³-hybridized carbons (Fsp3) is 0.800. The van der Waals surface area contributed by atoms with Crippen molar-refractivity contribution in [3.63, 3.8) is 0 Å². The van der Waals surface area contributed by atoms with Crippen molar-refractivity contribution in [3.05, 3.63) is 0 Å². The van der Waals surface area contributed by atoms with Crippen LogP contribution < -0.4 is 11.1 Å². The minimum Gasteiger partial charge on any atom is -0.481 e. The highest BCUT2D eigenvalue weighted by Gasteiger charge is 2.44. The van der Waals surface area contributed by atoms with Gasteiger partial charge in [0.2, 0.25) is 0 Å². The monoisotopic (exact) mass is 259 g/mol. The molecule has 0 aromatic heterocycles. The van der Waals surface area contributed by atoms with Gasteiger partial charge in [-0.05, 0) is 12.8 Å². The Morgan fingerprint density at radius 2 is 2.35 bits per heavy atom. The quantitative estimate of drug-likeness (QED) is 0.573. The van der Waals surface area contributed by atoms with Crippen molar-refractivity contribution >= 4 is 22.7 Å². The number of nitrogens with one attached hydrogen (secondary N) is 1. The average Bonchev–Trinajstić information content (AvgIpc) is 2.69. The lowest BCUT2D eigenvalue weighted by molar-refractivity contribution is -0.137. The molecular weight excluding hydrogens is 242 g/mol. The van der Waals surface area contributed by atoms with E-state index in [-0.39, 0.29) is 23.8 Å². The van der Waals surface area contributed by atoms with Crippen molar-refractivity contribution in [2.24, 2.45) is 10.7 Å². The third-order valence-corrected chi connectivity index (χ3v) is 5.10. The predicted octanol–water partition coefficient (Wildman–Crippen LogP) is -0.583. The first-order chi connectivity index (χ1) is 8.08. The highest BCUT2D eigenvalue weighted by molar-refractivity contribution is 7.86. The van der Waals surface area contributed by atoms with Gasteiger partial charge < -0.3 is 16.2 Å². The Balaban J connectivity index is 1.83. The van der Waals surface area contributed by atoms with Crippen molar-refractivity contribution in [1.82, 2.24) is 5.32 Å². The molecule has 7 heteroatoms. The highest BCUT2D eigenvalue weighted by atomic mass is 32.2. The van der Waals surface area contributed by atoms with Crippen LogP contribution in [0.25, 0.3) is 0 Å². The van der Waals surface area contributed by atoms with Crippen molar-refractivity contribution in [3.8, 4) is 0 Å². The van der Waals surface area contributed by atoms with Crippen LogP contribution in [0.15, 0.2) is 4.99 Å². The van der Waals surface area contributed by atoms with Crippen molar-refractivity contribution < 1.29 is 14.1 Å². The summed E-state index contributed by atoms with van der Waals surface area (Å²) in [5.74, 6) is 0.255. The van der Waals surface area contributed by atoms with Gasteiger partial charge >= 0.3 is 5.97 Å². The number of aliphatic carboxylic acids is 1. The Hall–Kier alpha value is -1.11. The van der Waals surface area contributed by atoms with Crippen molar-refractivity contribution in [2.75, 3.05) is 5.75 Å². The highest BCUT2D eigenvalue weighted by Crippen LogP contribution is 2.27. The Morgan fingerprint density at radius 1 is 1.59 bits per heavy atom. The first-order valence-electron chi connectivity index (χ1n) is 5.76. The number of carbonyl (C=O) groups is 1. The van der Waals surface area contributed by atoms with Gasteiger partial charge in [-0.25, -0.2) is 4.99 Å². The van der Waals surface area contributed by atoms with Gasteiger partial charge in [-0.3, -0.25) is 9.00 Å². The topological polar surface area (TPSA) is 105 Å². The zero-order valence-corrected chi connectivity index (χ0v) is 10.3. The number of carboxylic acid groups (broad SMARTS) is 1. The maximum atomic E-state index is 11.9. The average molecular weight is 259 g/mol. The number of nitrogens with two attached hydrogens (primary N) is 1. The smallest absolute Gasteiger partial charge is 0.303 e. The lowest BCUT2D eigenvalue weighted by Crippen LogP contribution is -2.38. The predicted molar refractivity (Wildman–Crippen MR) is 65.2 cm³/mol. The van der Waals surface area contributed by atoms with E-state index in [9.17, 15) is 9.00 Å². The van der Waals surface area contributed by atoms with E-state index in [2.05, 4.69) is 10.3 Å². The Bertz CT molecular complexity index is 372. The van der Waals surface area contributed by atoms with Crippen LogP contribution in [0.2, 0.25) is 0 Å². The standard InChI is InChI=1S/C10H17N3O3S/c11-10-12-6-5-17(16)7(9(6)13-10)3-1-2-4-8(14)15/h6-7,9H,1-5H2,(H,14,15)(H3,11,12,13)/t6-,7-,9-,17?/m1/s1. The number of guanidine groups is 1. The second-order valence-corrected chi connectivity index (χ2v) is 6.18. The summed E-state index contributed by atoms with van der Waals surface area (Å²) in [6.45, 7) is 0. The molecule has 1 fully saturated rings. The van der Waals surface area contributed by atoms with E-state index >= 15 is 0 Å². The van der Waals surface area contributed by atoms with E-state index in [1.807, 2.05) is 0 Å². The molecule has 1 unspecified atom stereocenters. The molecule has 2 rings (SSSR count).